The smallest absolute Gasteiger partial charge is 0.307 e. The average molecular weight is 246 g/mol. The third-order valence-corrected chi connectivity index (χ3v) is 1.88. The number of urea groups is 1. The average Bonchev–Trinajstić information content (AvgIpc) is 2.20. The molecule has 0 aliphatic rings. The van der Waals surface area contributed by atoms with E-state index in [0.717, 1.165) is 0 Å². The maximum Gasteiger partial charge on any atom is 0.471 e. The number of nitrogens with one attached hydrogen (secondary N) is 2. The lowest BCUT2D eigenvalue weighted by Crippen LogP contribution is -2.42. The van der Waals surface area contributed by atoms with Gasteiger partial charge in [-0.15, -0.1) is 0 Å². The molecule has 0 saturated carbocycles. The van der Waals surface area contributed by atoms with Crippen LogP contribution in [0.15, 0.2) is 24.3 Å². The molecule has 0 spiro atoms. The Labute approximate surface area is 94.8 Å². The molecule has 0 heterocycles. The van der Waals surface area contributed by atoms with Crippen LogP contribution >= 0.6 is 0 Å². The molecule has 0 aliphatic heterocycles. The molecule has 0 aromatic heterocycles. The van der Waals surface area contributed by atoms with Crippen molar-refractivity contribution in [3.05, 3.63) is 29.8 Å². The SMILES string of the molecule is Cc1ccccc1NC(=O)NC(=O)C(F)(F)F. The summed E-state index contributed by atoms with van der Waals surface area (Å²) in [5.74, 6) is -2.30. The highest BCUT2D eigenvalue weighted by molar-refractivity contribution is 6.03. The van der Waals surface area contributed by atoms with E-state index in [4.69, 9.17) is 0 Å². The zero-order chi connectivity index (χ0) is 13.1. The summed E-state index contributed by atoms with van der Waals surface area (Å²) in [7, 11) is 0. The van der Waals surface area contributed by atoms with E-state index in [2.05, 4.69) is 5.32 Å². The van der Waals surface area contributed by atoms with Gasteiger partial charge in [0.25, 0.3) is 0 Å². The van der Waals surface area contributed by atoms with Crippen LogP contribution in [0.3, 0.4) is 0 Å². The number of halogens is 3. The van der Waals surface area contributed by atoms with Crippen LogP contribution in [0.25, 0.3) is 0 Å². The predicted octanol–water partition coefficient (Wildman–Crippen LogP) is 2.21. The van der Waals surface area contributed by atoms with E-state index >= 15 is 0 Å². The second-order valence-corrected chi connectivity index (χ2v) is 3.22. The molecule has 0 fully saturated rings. The zero-order valence-corrected chi connectivity index (χ0v) is 8.76. The quantitative estimate of drug-likeness (QED) is 0.798. The summed E-state index contributed by atoms with van der Waals surface area (Å²) in [6.07, 6.45) is -5.08. The molecule has 0 saturated heterocycles. The molecular formula is C10H9F3N2O2. The first kappa shape index (κ1) is 13.0. The van der Waals surface area contributed by atoms with E-state index in [1.165, 1.54) is 11.4 Å². The summed E-state index contributed by atoms with van der Waals surface area (Å²) in [5, 5.41) is 3.32. The maximum atomic E-state index is 11.8. The molecule has 92 valence electrons. The molecule has 17 heavy (non-hydrogen) atoms. The van der Waals surface area contributed by atoms with Gasteiger partial charge in [0.15, 0.2) is 0 Å². The number of hydrogen-bond acceptors (Lipinski definition) is 2. The number of benzene rings is 1. The minimum Gasteiger partial charge on any atom is -0.307 e. The van der Waals surface area contributed by atoms with Crippen molar-refractivity contribution in [2.24, 2.45) is 0 Å². The van der Waals surface area contributed by atoms with Gasteiger partial charge in [-0.05, 0) is 18.6 Å². The predicted molar refractivity (Wildman–Crippen MR) is 54.4 cm³/mol. The minimum atomic E-state index is -5.08. The fraction of sp³-hybridized carbons (Fsp3) is 0.200. The van der Waals surface area contributed by atoms with Crippen molar-refractivity contribution < 1.29 is 22.8 Å². The van der Waals surface area contributed by atoms with Gasteiger partial charge in [0.05, 0.1) is 0 Å². The van der Waals surface area contributed by atoms with Crippen LogP contribution < -0.4 is 10.6 Å². The summed E-state index contributed by atoms with van der Waals surface area (Å²) in [4.78, 5) is 21.5. The van der Waals surface area contributed by atoms with Gasteiger partial charge in [-0.25, -0.2) is 4.79 Å². The number of amides is 3. The summed E-state index contributed by atoms with van der Waals surface area (Å²) in [5.41, 5.74) is 1.00. The molecule has 1 aromatic carbocycles. The van der Waals surface area contributed by atoms with Gasteiger partial charge in [-0.2, -0.15) is 13.2 Å². The molecule has 1 rings (SSSR count). The van der Waals surface area contributed by atoms with Crippen LogP contribution in [0, 0.1) is 6.92 Å². The molecule has 0 bridgehead atoms. The van der Waals surface area contributed by atoms with E-state index in [0.29, 0.717) is 11.3 Å². The van der Waals surface area contributed by atoms with Gasteiger partial charge in [-0.1, -0.05) is 18.2 Å². The van der Waals surface area contributed by atoms with E-state index in [-0.39, 0.29) is 0 Å². The van der Waals surface area contributed by atoms with E-state index in [9.17, 15) is 22.8 Å². The highest BCUT2D eigenvalue weighted by Gasteiger charge is 2.39. The van der Waals surface area contributed by atoms with E-state index in [1.807, 2.05) is 0 Å². The van der Waals surface area contributed by atoms with Gasteiger partial charge in [0.2, 0.25) is 0 Å². The number of alkyl halides is 3. The van der Waals surface area contributed by atoms with Crippen LogP contribution in [-0.2, 0) is 4.79 Å². The van der Waals surface area contributed by atoms with Crippen LogP contribution in [0.1, 0.15) is 5.56 Å². The fourth-order valence-corrected chi connectivity index (χ4v) is 1.04. The van der Waals surface area contributed by atoms with E-state index < -0.39 is 18.1 Å². The molecule has 1 aromatic rings. The van der Waals surface area contributed by atoms with Crippen LogP contribution in [0.5, 0.6) is 0 Å². The Bertz CT molecular complexity index is 443. The Kier molecular flexibility index (Phi) is 3.72. The number of carbonyl (C=O) groups is 2. The molecule has 2 N–H and O–H groups in total. The molecule has 0 unspecified atom stereocenters. The van der Waals surface area contributed by atoms with Crippen LogP contribution in [0.4, 0.5) is 23.7 Å². The van der Waals surface area contributed by atoms with Crippen molar-refractivity contribution in [1.29, 1.82) is 0 Å². The second kappa shape index (κ2) is 4.86. The van der Waals surface area contributed by atoms with E-state index in [1.54, 1.807) is 25.1 Å². The largest absolute Gasteiger partial charge is 0.471 e. The van der Waals surface area contributed by atoms with Crippen molar-refractivity contribution in [1.82, 2.24) is 5.32 Å². The topological polar surface area (TPSA) is 58.2 Å². The Hall–Kier alpha value is -2.05. The van der Waals surface area contributed by atoms with Crippen molar-refractivity contribution in [3.8, 4) is 0 Å². The lowest BCUT2D eigenvalue weighted by atomic mass is 10.2. The first-order chi connectivity index (χ1) is 7.80. The summed E-state index contributed by atoms with van der Waals surface area (Å²) in [6.45, 7) is 1.67. The molecule has 4 nitrogen and oxygen atoms in total. The van der Waals surface area contributed by atoms with Crippen LogP contribution in [-0.4, -0.2) is 18.1 Å². The van der Waals surface area contributed by atoms with Crippen molar-refractivity contribution in [3.63, 3.8) is 0 Å². The van der Waals surface area contributed by atoms with Crippen molar-refractivity contribution >= 4 is 17.6 Å². The number of rotatable bonds is 1. The minimum absolute atomic E-state index is 0.333. The van der Waals surface area contributed by atoms with Gasteiger partial charge >= 0.3 is 18.1 Å². The molecular weight excluding hydrogens is 237 g/mol. The van der Waals surface area contributed by atoms with Gasteiger partial charge < -0.3 is 5.32 Å². The highest BCUT2D eigenvalue weighted by Crippen LogP contribution is 2.15. The van der Waals surface area contributed by atoms with Crippen molar-refractivity contribution in [2.45, 2.75) is 13.1 Å². The number of aryl methyl sites for hydroxylation is 1. The standard InChI is InChI=1S/C10H9F3N2O2/c1-6-4-2-3-5-7(6)14-9(17)15-8(16)10(11,12)13/h2-5H,1H3,(H2,14,15,16,17). The number of hydrogen-bond donors (Lipinski definition) is 2. The maximum absolute atomic E-state index is 11.8. The number of imide groups is 1. The molecule has 3 amide bonds. The lowest BCUT2D eigenvalue weighted by molar-refractivity contribution is -0.172. The number of carbonyl (C=O) groups excluding carboxylic acids is 2. The third-order valence-electron chi connectivity index (χ3n) is 1.88. The summed E-state index contributed by atoms with van der Waals surface area (Å²) in [6, 6.07) is 5.27. The van der Waals surface area contributed by atoms with Crippen molar-refractivity contribution in [2.75, 3.05) is 5.32 Å². The summed E-state index contributed by atoms with van der Waals surface area (Å²) < 4.78 is 35.5. The normalized spacial score (nSPS) is 10.8. The number of anilines is 1. The fourth-order valence-electron chi connectivity index (χ4n) is 1.04. The van der Waals surface area contributed by atoms with Gasteiger partial charge in [0, 0.05) is 5.69 Å². The molecule has 0 atom stereocenters. The number of para-hydroxylation sites is 1. The first-order valence-electron chi connectivity index (χ1n) is 4.55. The highest BCUT2D eigenvalue weighted by atomic mass is 19.4. The Morgan fingerprint density at radius 3 is 2.29 bits per heavy atom. The monoisotopic (exact) mass is 246 g/mol. The molecule has 7 heteroatoms. The first-order valence-corrected chi connectivity index (χ1v) is 4.55. The lowest BCUT2D eigenvalue weighted by Gasteiger charge is -2.09. The molecule has 0 radical (unpaired) electrons. The van der Waals surface area contributed by atoms with Gasteiger partial charge in [0.1, 0.15) is 0 Å². The molecule has 0 aliphatic carbocycles. The second-order valence-electron chi connectivity index (χ2n) is 3.22. The Balaban J connectivity index is 2.63. The van der Waals surface area contributed by atoms with Gasteiger partial charge in [-0.3, -0.25) is 10.1 Å². The zero-order valence-electron chi connectivity index (χ0n) is 8.76. The van der Waals surface area contributed by atoms with Crippen LogP contribution in [0.2, 0.25) is 0 Å². The third kappa shape index (κ3) is 3.78. The summed E-state index contributed by atoms with van der Waals surface area (Å²) >= 11 is 0. The Morgan fingerprint density at radius 1 is 1.18 bits per heavy atom. The Morgan fingerprint density at radius 2 is 1.76 bits per heavy atom.